The van der Waals surface area contributed by atoms with E-state index in [2.05, 4.69) is 81.5 Å². The molecule has 2 aromatic carbocycles. The van der Waals surface area contributed by atoms with Gasteiger partial charge in [-0.2, -0.15) is 0 Å². The fourth-order valence-corrected chi connectivity index (χ4v) is 8.55. The summed E-state index contributed by atoms with van der Waals surface area (Å²) in [6.45, 7) is 27.2. The second-order valence-corrected chi connectivity index (χ2v) is 21.4. The summed E-state index contributed by atoms with van der Waals surface area (Å²) in [6.07, 6.45) is 2.78. The molecule has 52 heavy (non-hydrogen) atoms. The maximum absolute atomic E-state index is 7.35. The highest BCUT2D eigenvalue weighted by Gasteiger charge is 2.45. The number of hydrogen-bond acceptors (Lipinski definition) is 8. The Morgan fingerprint density at radius 3 is 2.04 bits per heavy atom. The molecule has 1 aliphatic heterocycles. The quantitative estimate of drug-likeness (QED) is 0.0754. The van der Waals surface area contributed by atoms with Gasteiger partial charge in [0.25, 0.3) is 0 Å². The van der Waals surface area contributed by atoms with Crippen LogP contribution in [0.15, 0.2) is 60.2 Å². The molecule has 1 heterocycles. The first kappa shape index (κ1) is 44.2. The zero-order chi connectivity index (χ0) is 38.6. The van der Waals surface area contributed by atoms with E-state index < -0.39 is 14.6 Å². The van der Waals surface area contributed by atoms with Crippen molar-refractivity contribution >= 4 is 8.32 Å². The molecule has 1 aliphatic rings. The van der Waals surface area contributed by atoms with E-state index in [1.165, 1.54) is 5.57 Å². The maximum Gasteiger partial charge on any atom is 0.192 e. The molecular formula is C43H70O8Si. The summed E-state index contributed by atoms with van der Waals surface area (Å²) in [5.41, 5.74) is 3.43. The standard InChI is InChI=1S/C43H70O8Si/c1-29(23-30(2)39(49-28-44-10)32(4)25-47-27-35-15-19-37(45-11)20-16-35)24-31(3)41(51-52(13,14)43(7,8)9)34(6)40-33(5)26-48-42(50-40)36-17-21-38(46-12)22-18-36/h15-23,30-34,39-42H,24-28H2,1-14H3/b29-23-/t30-,31-,32-,33-,34+,39+,40-,41+,42?/m0/s1. The largest absolute Gasteiger partial charge is 0.497 e. The molecule has 1 fully saturated rings. The van der Waals surface area contributed by atoms with Crippen LogP contribution in [0.3, 0.4) is 0 Å². The molecule has 1 unspecified atom stereocenters. The van der Waals surface area contributed by atoms with Crippen LogP contribution in [0.25, 0.3) is 0 Å². The zero-order valence-electron chi connectivity index (χ0n) is 34.7. The van der Waals surface area contributed by atoms with Crippen LogP contribution in [-0.2, 0) is 34.7 Å². The predicted molar refractivity (Wildman–Crippen MR) is 212 cm³/mol. The number of methoxy groups -OCH3 is 3. The Bertz CT molecular complexity index is 1340. The van der Waals surface area contributed by atoms with Gasteiger partial charge in [-0.05, 0) is 67.2 Å². The molecule has 0 aromatic heterocycles. The average molecular weight is 743 g/mol. The van der Waals surface area contributed by atoms with E-state index in [4.69, 9.17) is 37.6 Å². The third-order valence-corrected chi connectivity index (χ3v) is 15.5. The van der Waals surface area contributed by atoms with Gasteiger partial charge in [0.15, 0.2) is 14.6 Å². The van der Waals surface area contributed by atoms with E-state index >= 15 is 0 Å². The van der Waals surface area contributed by atoms with E-state index in [1.54, 1.807) is 21.3 Å². The minimum absolute atomic E-state index is 0.00688. The van der Waals surface area contributed by atoms with Gasteiger partial charge in [0, 0.05) is 36.3 Å². The Labute approximate surface area is 317 Å². The lowest BCUT2D eigenvalue weighted by molar-refractivity contribution is -0.256. The Hall–Kier alpha value is -2.24. The van der Waals surface area contributed by atoms with Crippen molar-refractivity contribution in [3.63, 3.8) is 0 Å². The molecule has 2 aromatic rings. The Morgan fingerprint density at radius 1 is 0.885 bits per heavy atom. The Morgan fingerprint density at radius 2 is 1.48 bits per heavy atom. The molecule has 0 spiro atoms. The van der Waals surface area contributed by atoms with Crippen molar-refractivity contribution in [2.24, 2.45) is 29.6 Å². The lowest BCUT2D eigenvalue weighted by Crippen LogP contribution is -2.51. The van der Waals surface area contributed by atoms with Crippen molar-refractivity contribution in [2.45, 2.75) is 118 Å². The molecule has 0 N–H and O–H groups in total. The molecule has 9 heteroatoms. The number of hydrogen-bond donors (Lipinski definition) is 0. The van der Waals surface area contributed by atoms with Crippen LogP contribution < -0.4 is 9.47 Å². The van der Waals surface area contributed by atoms with Crippen LogP contribution in [0.4, 0.5) is 0 Å². The van der Waals surface area contributed by atoms with Crippen molar-refractivity contribution in [3.8, 4) is 11.5 Å². The third kappa shape index (κ3) is 12.7. The SMILES string of the molecule is COCO[C@H]([C@@H](C)/C=C(/C)C[C@H](C)[C@@H](O[Si](C)(C)C(C)(C)C)[C@H](C)[C@H]1OC(c2ccc(OC)cc2)OC[C@@H]1C)[C@@H](C)COCc1ccc(OC)cc1. The van der Waals surface area contributed by atoms with Gasteiger partial charge in [-0.25, -0.2) is 0 Å². The van der Waals surface area contributed by atoms with Crippen molar-refractivity contribution in [2.75, 3.05) is 41.3 Å². The molecule has 0 aliphatic carbocycles. The molecule has 3 rings (SSSR count). The van der Waals surface area contributed by atoms with Crippen LogP contribution in [-0.4, -0.2) is 68.0 Å². The second kappa shape index (κ2) is 20.4. The van der Waals surface area contributed by atoms with Crippen LogP contribution in [0.1, 0.15) is 86.2 Å². The van der Waals surface area contributed by atoms with Crippen LogP contribution >= 0.6 is 0 Å². The summed E-state index contributed by atoms with van der Waals surface area (Å²) < 4.78 is 48.8. The molecule has 1 saturated heterocycles. The molecule has 0 bridgehead atoms. The Balaban J connectivity index is 1.77. The number of ether oxygens (including phenoxy) is 7. The van der Waals surface area contributed by atoms with E-state index in [0.717, 1.165) is 29.0 Å². The summed E-state index contributed by atoms with van der Waals surface area (Å²) in [4.78, 5) is 0. The van der Waals surface area contributed by atoms with Crippen LogP contribution in [0.5, 0.6) is 11.5 Å². The van der Waals surface area contributed by atoms with Gasteiger partial charge < -0.3 is 37.6 Å². The lowest BCUT2D eigenvalue weighted by atomic mass is 9.81. The fourth-order valence-electron chi connectivity index (χ4n) is 7.07. The van der Waals surface area contributed by atoms with Crippen molar-refractivity contribution in [1.82, 2.24) is 0 Å². The Kier molecular flexibility index (Phi) is 17.4. The van der Waals surface area contributed by atoms with Crippen LogP contribution in [0, 0.1) is 29.6 Å². The topological polar surface area (TPSA) is 73.8 Å². The van der Waals surface area contributed by atoms with E-state index in [1.807, 2.05) is 48.5 Å². The molecule has 0 amide bonds. The van der Waals surface area contributed by atoms with Gasteiger partial charge in [-0.3, -0.25) is 0 Å². The summed E-state index contributed by atoms with van der Waals surface area (Å²) in [5, 5.41) is 0.0787. The van der Waals surface area contributed by atoms with Gasteiger partial charge in [-0.15, -0.1) is 0 Å². The molecule has 8 nitrogen and oxygen atoms in total. The van der Waals surface area contributed by atoms with Crippen molar-refractivity contribution in [1.29, 1.82) is 0 Å². The first-order chi connectivity index (χ1) is 24.5. The van der Waals surface area contributed by atoms with Gasteiger partial charge in [0.2, 0.25) is 0 Å². The average Bonchev–Trinajstić information content (AvgIpc) is 3.10. The first-order valence-corrected chi connectivity index (χ1v) is 22.0. The normalized spacial score (nSPS) is 22.3. The number of rotatable bonds is 20. The van der Waals surface area contributed by atoms with Crippen LogP contribution in [0.2, 0.25) is 18.1 Å². The van der Waals surface area contributed by atoms with Gasteiger partial charge >= 0.3 is 0 Å². The van der Waals surface area contributed by atoms with Gasteiger partial charge in [0.05, 0.1) is 52.4 Å². The van der Waals surface area contributed by atoms with Gasteiger partial charge in [0.1, 0.15) is 18.3 Å². The third-order valence-electron chi connectivity index (χ3n) is 11.0. The summed E-state index contributed by atoms with van der Waals surface area (Å²) in [5.74, 6) is 2.60. The minimum atomic E-state index is -2.12. The summed E-state index contributed by atoms with van der Waals surface area (Å²) in [6, 6.07) is 16.0. The van der Waals surface area contributed by atoms with E-state index in [-0.39, 0.29) is 59.7 Å². The molecule has 0 saturated carbocycles. The molecular weight excluding hydrogens is 673 g/mol. The number of benzene rings is 2. The highest BCUT2D eigenvalue weighted by atomic mass is 28.4. The zero-order valence-corrected chi connectivity index (χ0v) is 35.7. The molecule has 9 atom stereocenters. The summed E-state index contributed by atoms with van der Waals surface area (Å²) in [7, 11) is 2.91. The second-order valence-electron chi connectivity index (χ2n) is 16.7. The van der Waals surface area contributed by atoms with Gasteiger partial charge in [-0.1, -0.05) is 91.3 Å². The van der Waals surface area contributed by atoms with Crippen molar-refractivity contribution < 1.29 is 37.6 Å². The van der Waals surface area contributed by atoms with E-state index in [0.29, 0.717) is 19.8 Å². The highest BCUT2D eigenvalue weighted by Crippen LogP contribution is 2.43. The minimum Gasteiger partial charge on any atom is -0.497 e. The smallest absolute Gasteiger partial charge is 0.192 e. The maximum atomic E-state index is 7.35. The molecule has 294 valence electrons. The van der Waals surface area contributed by atoms with Crippen molar-refractivity contribution in [3.05, 3.63) is 71.3 Å². The fraction of sp³-hybridized carbons (Fsp3) is 0.674. The predicted octanol–water partition coefficient (Wildman–Crippen LogP) is 10.2. The number of allylic oxidation sites excluding steroid dienone is 1. The summed E-state index contributed by atoms with van der Waals surface area (Å²) >= 11 is 0. The molecule has 0 radical (unpaired) electrons. The van der Waals surface area contributed by atoms with E-state index in [9.17, 15) is 0 Å². The first-order valence-electron chi connectivity index (χ1n) is 19.1. The highest BCUT2D eigenvalue weighted by molar-refractivity contribution is 6.74. The lowest BCUT2D eigenvalue weighted by Gasteiger charge is -2.47. The monoisotopic (exact) mass is 742 g/mol.